The number of unbranched alkanes of at least 4 members (excludes halogenated alkanes) is 4. The molecule has 0 radical (unpaired) electrons. The minimum Gasteiger partial charge on any atom is -0.351 e. The fraction of sp³-hybridized carbons (Fsp3) is 0.564. The number of hydrogen-bond donors (Lipinski definition) is 6. The fourth-order valence-electron chi connectivity index (χ4n) is 9.28. The molecule has 4 heterocycles. The van der Waals surface area contributed by atoms with Gasteiger partial charge in [-0.15, -0.1) is 22.7 Å². The van der Waals surface area contributed by atoms with Crippen LogP contribution in [-0.2, 0) is 28.8 Å². The lowest BCUT2D eigenvalue weighted by atomic mass is 9.85. The zero-order valence-electron chi connectivity index (χ0n) is 44.6. The van der Waals surface area contributed by atoms with E-state index in [4.69, 9.17) is 9.97 Å². The predicted octanol–water partition coefficient (Wildman–Crippen LogP) is 7.41. The van der Waals surface area contributed by atoms with E-state index in [0.717, 1.165) is 51.8 Å². The highest BCUT2D eigenvalue weighted by atomic mass is 32.1. The second-order valence-corrected chi connectivity index (χ2v) is 22.7. The van der Waals surface area contributed by atoms with Gasteiger partial charge in [0.15, 0.2) is 0 Å². The van der Waals surface area contributed by atoms with Gasteiger partial charge in [-0.05, 0) is 50.6 Å². The summed E-state index contributed by atoms with van der Waals surface area (Å²) in [4.78, 5) is 94.5. The van der Waals surface area contributed by atoms with E-state index in [1.165, 1.54) is 22.7 Å². The summed E-state index contributed by atoms with van der Waals surface area (Å²) in [5, 5.41) is 23.6. The predicted molar refractivity (Wildman–Crippen MR) is 291 cm³/mol. The normalized spacial score (nSPS) is 18.5. The number of likely N-dealkylation sites (N-methyl/N-ethyl adjacent to an activating group) is 2. The maximum atomic E-state index is 14.4. The maximum Gasteiger partial charge on any atom is 0.246 e. The summed E-state index contributed by atoms with van der Waals surface area (Å²) in [6, 6.07) is 16.9. The number of thiazole rings is 2. The molecule has 2 fully saturated rings. The topological polar surface area (TPSA) is 207 Å². The van der Waals surface area contributed by atoms with Crippen molar-refractivity contribution in [2.75, 3.05) is 40.3 Å². The van der Waals surface area contributed by atoms with Crippen LogP contribution in [0.4, 0.5) is 0 Å². The lowest BCUT2D eigenvalue weighted by molar-refractivity contribution is -0.140. The highest BCUT2D eigenvalue weighted by Crippen LogP contribution is 2.39. The molecule has 16 nitrogen and oxygen atoms in total. The Hall–Kier alpha value is -5.56. The molecule has 0 aliphatic carbocycles. The molecular weight excluding hydrogens is 961 g/mol. The van der Waals surface area contributed by atoms with Crippen LogP contribution in [0.5, 0.6) is 0 Å². The van der Waals surface area contributed by atoms with Crippen molar-refractivity contribution in [2.24, 2.45) is 10.8 Å². The molecule has 6 rings (SSSR count). The molecule has 6 amide bonds. The van der Waals surface area contributed by atoms with Gasteiger partial charge in [-0.2, -0.15) is 0 Å². The van der Waals surface area contributed by atoms with Crippen LogP contribution in [0.3, 0.4) is 0 Å². The Bertz CT molecular complexity index is 2250. The highest BCUT2D eigenvalue weighted by molar-refractivity contribution is 7.10. The summed E-state index contributed by atoms with van der Waals surface area (Å²) in [5.41, 5.74) is 2.47. The molecule has 0 spiro atoms. The Labute approximate surface area is 441 Å². The number of aromatic nitrogens is 2. The summed E-state index contributed by atoms with van der Waals surface area (Å²) in [7, 11) is 3.37. The van der Waals surface area contributed by atoms with Crippen LogP contribution in [0.2, 0.25) is 0 Å². The van der Waals surface area contributed by atoms with Crippen LogP contribution >= 0.6 is 22.7 Å². The first kappa shape index (κ1) is 58.3. The van der Waals surface area contributed by atoms with Crippen molar-refractivity contribution in [3.8, 4) is 22.5 Å². The van der Waals surface area contributed by atoms with Crippen LogP contribution < -0.4 is 31.9 Å². The Morgan fingerprint density at radius 2 is 0.918 bits per heavy atom. The van der Waals surface area contributed by atoms with E-state index in [2.05, 4.69) is 31.9 Å². The largest absolute Gasteiger partial charge is 0.351 e. The smallest absolute Gasteiger partial charge is 0.246 e. The third kappa shape index (κ3) is 16.7. The summed E-state index contributed by atoms with van der Waals surface area (Å²) in [5.74, 6) is -1.10. The minimum atomic E-state index is -0.782. The second kappa shape index (κ2) is 27.7. The van der Waals surface area contributed by atoms with Crippen LogP contribution in [0.1, 0.15) is 135 Å². The number of carbonyl (C=O) groups is 6. The van der Waals surface area contributed by atoms with Crippen molar-refractivity contribution in [1.29, 1.82) is 0 Å². The molecule has 73 heavy (non-hydrogen) atoms. The van der Waals surface area contributed by atoms with Crippen molar-refractivity contribution in [3.05, 3.63) is 81.4 Å². The second-order valence-electron chi connectivity index (χ2n) is 20.9. The minimum absolute atomic E-state index is 0.0770. The molecule has 2 saturated heterocycles. The Balaban J connectivity index is 0.00000488. The summed E-state index contributed by atoms with van der Waals surface area (Å²) < 4.78 is 0. The van der Waals surface area contributed by atoms with Crippen molar-refractivity contribution in [2.45, 2.75) is 149 Å². The van der Waals surface area contributed by atoms with Gasteiger partial charge in [-0.3, -0.25) is 28.8 Å². The summed E-state index contributed by atoms with van der Waals surface area (Å²) >= 11 is 2.99. The fourth-order valence-corrected chi connectivity index (χ4v) is 11.2. The van der Waals surface area contributed by atoms with Gasteiger partial charge in [0.2, 0.25) is 35.4 Å². The van der Waals surface area contributed by atoms with Crippen LogP contribution in [0.15, 0.2) is 71.4 Å². The van der Waals surface area contributed by atoms with Crippen LogP contribution in [0, 0.1) is 10.8 Å². The molecule has 6 unspecified atom stereocenters. The Kier molecular flexibility index (Phi) is 22.1. The third-order valence-electron chi connectivity index (χ3n) is 13.0. The lowest BCUT2D eigenvalue weighted by Gasteiger charge is -2.35. The maximum absolute atomic E-state index is 14.4. The van der Waals surface area contributed by atoms with Gasteiger partial charge in [0.25, 0.3) is 0 Å². The molecule has 2 aliphatic heterocycles. The summed E-state index contributed by atoms with van der Waals surface area (Å²) in [6.07, 6.45) is 5.59. The van der Waals surface area contributed by atoms with Gasteiger partial charge in [0.1, 0.15) is 22.1 Å². The van der Waals surface area contributed by atoms with E-state index in [0.29, 0.717) is 51.6 Å². The number of benzene rings is 2. The number of likely N-dealkylation sites (tertiary alicyclic amines) is 2. The van der Waals surface area contributed by atoms with Gasteiger partial charge in [0.05, 0.1) is 36.6 Å². The van der Waals surface area contributed by atoms with E-state index in [-0.39, 0.29) is 72.7 Å². The molecule has 2 aliphatic rings. The number of hydrogen-bond acceptors (Lipinski definition) is 12. The first-order valence-electron chi connectivity index (χ1n) is 26.0. The molecule has 0 saturated carbocycles. The number of nitrogens with zero attached hydrogens (tertiary/aromatic N) is 4. The van der Waals surface area contributed by atoms with Crippen molar-refractivity contribution >= 4 is 58.1 Å². The van der Waals surface area contributed by atoms with E-state index < -0.39 is 22.9 Å². The van der Waals surface area contributed by atoms with Crippen LogP contribution in [0.25, 0.3) is 22.5 Å². The quantitative estimate of drug-likeness (QED) is 0.0430. The van der Waals surface area contributed by atoms with Gasteiger partial charge in [0, 0.05) is 59.9 Å². The Morgan fingerprint density at radius 3 is 1.26 bits per heavy atom. The van der Waals surface area contributed by atoms with E-state index >= 15 is 0 Å². The van der Waals surface area contributed by atoms with Gasteiger partial charge < -0.3 is 41.7 Å². The molecule has 18 heteroatoms. The molecule has 6 atom stereocenters. The number of carbonyl (C=O) groups excluding carboxylic acids is 6. The molecule has 4 aromatic rings. The standard InChI is InChI=1S/C53H74N10O6S2.C2H6/c1-52(2,3)46(60-44(66)28-54-7)50(68)62-30-36(26-40(62)48-58-38(32-70-48)34-20-14-12-15-21-34)56-42(64)24-18-10-9-11-19-25-43(65)57-37-27-41(49-59-39(33-71-49)35-22-16-13-17-23-35)63(31-37)51(69)47(53(4,5)6)61-45(67)29-55-8;1-2/h12-17,20-23,32-33,36-37,40-41,46-47,54-55H,9-11,18-19,24-31H2,1-8H3,(H,56,64)(H,57,65)(H,60,66)(H,61,67);1-2H3. The number of nitrogens with one attached hydrogen (secondary N) is 6. The van der Waals surface area contributed by atoms with Gasteiger partial charge >= 0.3 is 0 Å². The summed E-state index contributed by atoms with van der Waals surface area (Å²) in [6.45, 7) is 16.4. The number of rotatable bonds is 22. The van der Waals surface area contributed by atoms with E-state index in [1.54, 1.807) is 23.9 Å². The van der Waals surface area contributed by atoms with Crippen LogP contribution in [-0.4, -0.2) is 120 Å². The third-order valence-corrected chi connectivity index (χ3v) is 14.9. The first-order chi connectivity index (χ1) is 34.9. The SMILES string of the molecule is CC.CNCC(=O)NC(C(=O)N1CC(NC(=O)CCCCCCCC(=O)NC2CC(c3nc(-c4ccccc4)cs3)N(C(=O)C(NC(=O)CNC)C(C)(C)C)C2)CC1c1nc(-c2ccccc2)cs1)C(C)(C)C. The molecule has 6 N–H and O–H groups in total. The monoisotopic (exact) mass is 1040 g/mol. The zero-order valence-corrected chi connectivity index (χ0v) is 46.3. The highest BCUT2D eigenvalue weighted by Gasteiger charge is 2.46. The van der Waals surface area contributed by atoms with Gasteiger partial charge in [-0.1, -0.05) is 135 Å². The number of amides is 6. The van der Waals surface area contributed by atoms with Crippen molar-refractivity contribution in [1.82, 2.24) is 51.7 Å². The van der Waals surface area contributed by atoms with E-state index in [1.807, 2.05) is 127 Å². The first-order valence-corrected chi connectivity index (χ1v) is 27.7. The van der Waals surface area contributed by atoms with Crippen molar-refractivity contribution < 1.29 is 28.8 Å². The van der Waals surface area contributed by atoms with Gasteiger partial charge in [-0.25, -0.2) is 9.97 Å². The molecule has 0 bridgehead atoms. The van der Waals surface area contributed by atoms with Crippen molar-refractivity contribution in [3.63, 3.8) is 0 Å². The molecular formula is C55H80N10O6S2. The molecule has 2 aromatic heterocycles. The zero-order chi connectivity index (χ0) is 53.3. The molecule has 398 valence electrons. The van der Waals surface area contributed by atoms with E-state index in [9.17, 15) is 28.8 Å². The molecule has 2 aromatic carbocycles. The average Bonchev–Trinajstić information content (AvgIpc) is 4.20. The average molecular weight is 1040 g/mol. The lowest BCUT2D eigenvalue weighted by Crippen LogP contribution is -2.56. The Morgan fingerprint density at radius 1 is 0.562 bits per heavy atom.